The van der Waals surface area contributed by atoms with E-state index in [0.717, 1.165) is 35.3 Å². The van der Waals surface area contributed by atoms with Crippen LogP contribution in [0.25, 0.3) is 0 Å². The number of halogens is 1. The standard InChI is InChI=1S/C14H22BCl/c16-15(13-7-9-1-3-11(13)5-9)14-8-10-2-4-12(14)6-10/h9-14H,1-8H2/t9-,10-,11+,12+,13?,14?/m1/s1. The molecule has 0 amide bonds. The predicted octanol–water partition coefficient (Wildman–Crippen LogP) is 4.60. The molecule has 4 fully saturated rings. The zero-order valence-electron chi connectivity index (χ0n) is 10.1. The van der Waals surface area contributed by atoms with E-state index in [0.29, 0.717) is 6.13 Å². The van der Waals surface area contributed by atoms with Crippen LogP contribution >= 0.6 is 11.5 Å². The maximum absolute atomic E-state index is 6.88. The molecular formula is C14H22BCl. The van der Waals surface area contributed by atoms with E-state index >= 15 is 0 Å². The molecule has 0 N–H and O–H groups in total. The largest absolute Gasteiger partial charge is 0.257 e. The Balaban J connectivity index is 1.48. The molecule has 4 rings (SSSR count). The summed E-state index contributed by atoms with van der Waals surface area (Å²) < 4.78 is 0. The van der Waals surface area contributed by atoms with Gasteiger partial charge >= 0.3 is 0 Å². The molecule has 88 valence electrons. The van der Waals surface area contributed by atoms with E-state index in [1.54, 1.807) is 0 Å². The molecule has 4 aliphatic carbocycles. The van der Waals surface area contributed by atoms with Crippen LogP contribution in [0.15, 0.2) is 0 Å². The van der Waals surface area contributed by atoms with E-state index in [9.17, 15) is 0 Å². The van der Waals surface area contributed by atoms with Crippen LogP contribution in [-0.4, -0.2) is 6.13 Å². The molecule has 0 aliphatic heterocycles. The van der Waals surface area contributed by atoms with Gasteiger partial charge in [-0.3, -0.25) is 0 Å². The van der Waals surface area contributed by atoms with Gasteiger partial charge in [0, 0.05) is 0 Å². The lowest BCUT2D eigenvalue weighted by molar-refractivity contribution is 0.443. The summed E-state index contributed by atoms with van der Waals surface area (Å²) in [6.07, 6.45) is 12.6. The Morgan fingerprint density at radius 3 is 1.50 bits per heavy atom. The minimum absolute atomic E-state index is 0.547. The van der Waals surface area contributed by atoms with Gasteiger partial charge < -0.3 is 0 Å². The van der Waals surface area contributed by atoms with Gasteiger partial charge in [0.2, 0.25) is 0 Å². The van der Waals surface area contributed by atoms with E-state index in [2.05, 4.69) is 0 Å². The molecule has 6 atom stereocenters. The predicted molar refractivity (Wildman–Crippen MR) is 70.0 cm³/mol. The van der Waals surface area contributed by atoms with Crippen molar-refractivity contribution in [3.8, 4) is 0 Å². The highest BCUT2D eigenvalue weighted by Crippen LogP contribution is 2.60. The average molecular weight is 237 g/mol. The number of hydrogen-bond acceptors (Lipinski definition) is 0. The topological polar surface area (TPSA) is 0 Å². The van der Waals surface area contributed by atoms with E-state index in [-0.39, 0.29) is 0 Å². The summed E-state index contributed by atoms with van der Waals surface area (Å²) in [6.45, 7) is 0. The fourth-order valence-corrected chi connectivity index (χ4v) is 6.30. The molecule has 0 nitrogen and oxygen atoms in total. The van der Waals surface area contributed by atoms with Gasteiger partial charge in [0.25, 0.3) is 6.13 Å². The second kappa shape index (κ2) is 3.67. The van der Waals surface area contributed by atoms with E-state index in [4.69, 9.17) is 11.5 Å². The monoisotopic (exact) mass is 236 g/mol. The van der Waals surface area contributed by atoms with Gasteiger partial charge in [-0.15, -0.1) is 0 Å². The van der Waals surface area contributed by atoms with Crippen molar-refractivity contribution in [1.29, 1.82) is 0 Å². The van der Waals surface area contributed by atoms with Gasteiger partial charge in [0.1, 0.15) is 0 Å². The fraction of sp³-hybridized carbons (Fsp3) is 1.00. The Labute approximate surface area is 105 Å². The zero-order chi connectivity index (χ0) is 10.7. The maximum atomic E-state index is 6.88. The van der Waals surface area contributed by atoms with Gasteiger partial charge in [-0.05, 0) is 48.1 Å². The molecule has 0 heterocycles. The molecule has 16 heavy (non-hydrogen) atoms. The molecule has 0 aromatic rings. The summed E-state index contributed by atoms with van der Waals surface area (Å²) in [7, 11) is 0. The lowest BCUT2D eigenvalue weighted by Gasteiger charge is -2.32. The van der Waals surface area contributed by atoms with Crippen LogP contribution in [0.3, 0.4) is 0 Å². The molecule has 0 spiro atoms. The number of hydrogen-bond donors (Lipinski definition) is 0. The summed E-state index contributed by atoms with van der Waals surface area (Å²) in [6, 6.07) is 0. The minimum atomic E-state index is 0.547. The van der Waals surface area contributed by atoms with Crippen LogP contribution in [0.4, 0.5) is 0 Å². The molecule has 4 saturated carbocycles. The van der Waals surface area contributed by atoms with Crippen LogP contribution in [0.5, 0.6) is 0 Å². The molecule has 0 aromatic heterocycles. The molecule has 2 heteroatoms. The molecule has 2 unspecified atom stereocenters. The first-order valence-electron chi connectivity index (χ1n) is 7.45. The van der Waals surface area contributed by atoms with Crippen LogP contribution in [-0.2, 0) is 0 Å². The Bertz CT molecular complexity index is 264. The van der Waals surface area contributed by atoms with Crippen LogP contribution in [0, 0.1) is 23.7 Å². The first kappa shape index (κ1) is 10.3. The highest BCUT2D eigenvalue weighted by atomic mass is 35.5. The second-order valence-electron chi connectivity index (χ2n) is 7.12. The van der Waals surface area contributed by atoms with Gasteiger partial charge in [0.15, 0.2) is 0 Å². The molecule has 0 radical (unpaired) electrons. The smallest absolute Gasteiger partial charge is 0.195 e. The summed E-state index contributed by atoms with van der Waals surface area (Å²) in [5.74, 6) is 5.98. The van der Waals surface area contributed by atoms with Gasteiger partial charge in [-0.2, -0.15) is 11.5 Å². The van der Waals surface area contributed by atoms with Crippen molar-refractivity contribution in [2.75, 3.05) is 0 Å². The van der Waals surface area contributed by atoms with E-state index in [1.807, 2.05) is 0 Å². The molecular weight excluding hydrogens is 214 g/mol. The Kier molecular flexibility index (Phi) is 2.36. The highest BCUT2D eigenvalue weighted by molar-refractivity contribution is 7.08. The Morgan fingerprint density at radius 1 is 0.688 bits per heavy atom. The summed E-state index contributed by atoms with van der Waals surface area (Å²) in [4.78, 5) is 0. The summed E-state index contributed by atoms with van der Waals surface area (Å²) in [5.41, 5.74) is 0. The van der Waals surface area contributed by atoms with Crippen molar-refractivity contribution in [2.45, 2.75) is 63.0 Å². The van der Waals surface area contributed by atoms with Crippen LogP contribution in [0.1, 0.15) is 51.4 Å². The zero-order valence-corrected chi connectivity index (χ0v) is 10.8. The quantitative estimate of drug-likeness (QED) is 0.615. The summed E-state index contributed by atoms with van der Waals surface area (Å²) in [5, 5.41) is 0. The van der Waals surface area contributed by atoms with Crippen LogP contribution in [0.2, 0.25) is 11.6 Å². The van der Waals surface area contributed by atoms with Crippen molar-refractivity contribution in [3.63, 3.8) is 0 Å². The highest BCUT2D eigenvalue weighted by Gasteiger charge is 2.51. The van der Waals surface area contributed by atoms with Crippen molar-refractivity contribution >= 4 is 17.6 Å². The third kappa shape index (κ3) is 1.43. The van der Waals surface area contributed by atoms with Gasteiger partial charge in [-0.25, -0.2) is 0 Å². The first-order chi connectivity index (χ1) is 7.81. The third-order valence-electron chi connectivity index (χ3n) is 6.40. The van der Waals surface area contributed by atoms with Gasteiger partial charge in [0.05, 0.1) is 0 Å². The fourth-order valence-electron chi connectivity index (χ4n) is 5.69. The second-order valence-corrected chi connectivity index (χ2v) is 7.63. The van der Waals surface area contributed by atoms with Crippen molar-refractivity contribution in [2.24, 2.45) is 23.7 Å². The number of fused-ring (bicyclic) bond motifs is 4. The first-order valence-corrected chi connectivity index (χ1v) is 7.89. The molecule has 4 bridgehead atoms. The minimum Gasteiger partial charge on any atom is -0.195 e. The maximum Gasteiger partial charge on any atom is 0.257 e. The third-order valence-corrected chi connectivity index (χ3v) is 7.05. The van der Waals surface area contributed by atoms with Crippen molar-refractivity contribution < 1.29 is 0 Å². The van der Waals surface area contributed by atoms with Crippen LogP contribution < -0.4 is 0 Å². The molecule has 0 saturated heterocycles. The lowest BCUT2D eigenvalue weighted by atomic mass is 9.46. The van der Waals surface area contributed by atoms with Gasteiger partial charge in [-0.1, -0.05) is 38.5 Å². The van der Waals surface area contributed by atoms with E-state index < -0.39 is 0 Å². The Morgan fingerprint density at radius 2 is 1.19 bits per heavy atom. The lowest BCUT2D eigenvalue weighted by Crippen LogP contribution is -2.28. The average Bonchev–Trinajstić information content (AvgIpc) is 3.06. The summed E-state index contributed by atoms with van der Waals surface area (Å²) >= 11 is 6.88. The normalized spacial score (nSPS) is 53.8. The van der Waals surface area contributed by atoms with E-state index in [1.165, 1.54) is 51.4 Å². The Hall–Kier alpha value is 0.355. The molecule has 4 aliphatic rings. The number of rotatable bonds is 2. The van der Waals surface area contributed by atoms with Crippen molar-refractivity contribution in [3.05, 3.63) is 0 Å². The van der Waals surface area contributed by atoms with Crippen molar-refractivity contribution in [1.82, 2.24) is 0 Å². The molecule has 0 aromatic carbocycles. The SMILES string of the molecule is ClB(C1C[C@@H]2CC[C@H]1C2)C1C[C@@H]2CC[C@H]1C2.